The highest BCUT2D eigenvalue weighted by atomic mass is 35.5. The third kappa shape index (κ3) is 1.40. The van der Waals surface area contributed by atoms with Crippen molar-refractivity contribution >= 4 is 22.6 Å². The minimum absolute atomic E-state index is 0.000370. The van der Waals surface area contributed by atoms with Crippen LogP contribution < -0.4 is 0 Å². The Hall–Kier alpha value is -1.02. The topological polar surface area (TPSA) is 28.7 Å². The zero-order valence-electron chi connectivity index (χ0n) is 8.48. The molecule has 1 aromatic carbocycles. The summed E-state index contributed by atoms with van der Waals surface area (Å²) in [6.07, 6.45) is 2.74. The lowest BCUT2D eigenvalue weighted by atomic mass is 9.86. The summed E-state index contributed by atoms with van der Waals surface area (Å²) in [6.45, 7) is 6.38. The van der Waals surface area contributed by atoms with Gasteiger partial charge in [0.05, 0.1) is 11.0 Å². The highest BCUT2D eigenvalue weighted by molar-refractivity contribution is 6.32. The van der Waals surface area contributed by atoms with Crippen LogP contribution in [0.15, 0.2) is 12.1 Å². The Bertz CT molecular complexity index is 466. The van der Waals surface area contributed by atoms with E-state index in [9.17, 15) is 0 Å². The van der Waals surface area contributed by atoms with Crippen LogP contribution in [0.4, 0.5) is 0 Å². The van der Waals surface area contributed by atoms with Crippen LogP contribution in [-0.2, 0) is 5.41 Å². The van der Waals surface area contributed by atoms with E-state index < -0.39 is 0 Å². The van der Waals surface area contributed by atoms with E-state index in [1.54, 1.807) is 0 Å². The number of imidazole rings is 1. The van der Waals surface area contributed by atoms with Crippen molar-refractivity contribution in [2.24, 2.45) is 0 Å². The molecule has 0 fully saturated rings. The smallest absolute Gasteiger partial charge is 0.174 e. The van der Waals surface area contributed by atoms with Crippen LogP contribution in [0.25, 0.3) is 11.0 Å². The molecule has 0 bridgehead atoms. The third-order valence-electron chi connectivity index (χ3n) is 2.24. The number of aromatic amines is 1. The average Bonchev–Trinajstić information content (AvgIpc) is 2.48. The van der Waals surface area contributed by atoms with Gasteiger partial charge in [-0.05, 0) is 17.5 Å². The summed E-state index contributed by atoms with van der Waals surface area (Å²) in [6, 6.07) is 3.83. The summed E-state index contributed by atoms with van der Waals surface area (Å²) in [5, 5.41) is 0.769. The van der Waals surface area contributed by atoms with Gasteiger partial charge in [0.15, 0.2) is 6.33 Å². The number of fused-ring (bicyclic) bond motifs is 1. The first kappa shape index (κ1) is 9.53. The van der Waals surface area contributed by atoms with Crippen molar-refractivity contribution in [1.82, 2.24) is 9.97 Å². The fourth-order valence-corrected chi connectivity index (χ4v) is 2.08. The number of H-pyrrole nitrogens is 1. The summed E-state index contributed by atoms with van der Waals surface area (Å²) in [5.74, 6) is 0. The summed E-state index contributed by atoms with van der Waals surface area (Å²) < 4.78 is 0. The summed E-state index contributed by atoms with van der Waals surface area (Å²) in [4.78, 5) is 7.15. The molecule has 3 heteroatoms. The van der Waals surface area contributed by atoms with Crippen LogP contribution in [0.1, 0.15) is 26.3 Å². The Morgan fingerprint density at radius 1 is 1.36 bits per heavy atom. The molecule has 0 aliphatic carbocycles. The largest absolute Gasteiger partial charge is 0.335 e. The first-order chi connectivity index (χ1) is 6.50. The molecule has 0 spiro atoms. The van der Waals surface area contributed by atoms with E-state index in [4.69, 9.17) is 11.6 Å². The van der Waals surface area contributed by atoms with Crippen LogP contribution >= 0.6 is 11.6 Å². The van der Waals surface area contributed by atoms with Crippen LogP contribution in [0.5, 0.6) is 0 Å². The maximum absolute atomic E-state index is 6.18. The van der Waals surface area contributed by atoms with E-state index in [-0.39, 0.29) is 5.41 Å². The van der Waals surface area contributed by atoms with Crippen molar-refractivity contribution in [1.29, 1.82) is 0 Å². The quantitative estimate of drug-likeness (QED) is 0.706. The Kier molecular flexibility index (Phi) is 2.04. The van der Waals surface area contributed by atoms with Gasteiger partial charge in [-0.2, -0.15) is 0 Å². The van der Waals surface area contributed by atoms with E-state index in [0.29, 0.717) is 0 Å². The monoisotopic (exact) mass is 207 g/mol. The molecular formula is C11H12ClN2. The van der Waals surface area contributed by atoms with Gasteiger partial charge in [-0.15, -0.1) is 0 Å². The standard InChI is InChI=1S/C11H12ClN2/c1-11(2,3)9-7(12)4-5-8-10(9)14-6-13-8/h4-5H,1-3H3,(H,13,14). The molecule has 0 amide bonds. The fraction of sp³-hybridized carbons (Fsp3) is 0.364. The number of hydrogen-bond donors (Lipinski definition) is 1. The maximum Gasteiger partial charge on any atom is 0.174 e. The zero-order chi connectivity index (χ0) is 10.3. The van der Waals surface area contributed by atoms with E-state index >= 15 is 0 Å². The molecule has 14 heavy (non-hydrogen) atoms. The van der Waals surface area contributed by atoms with Gasteiger partial charge in [0.1, 0.15) is 0 Å². The molecule has 1 heterocycles. The number of rotatable bonds is 0. The highest BCUT2D eigenvalue weighted by Crippen LogP contribution is 2.34. The van der Waals surface area contributed by atoms with Gasteiger partial charge in [0.2, 0.25) is 0 Å². The van der Waals surface area contributed by atoms with Crippen molar-refractivity contribution in [3.63, 3.8) is 0 Å². The van der Waals surface area contributed by atoms with Crippen LogP contribution in [0.2, 0.25) is 5.02 Å². The van der Waals surface area contributed by atoms with E-state index in [0.717, 1.165) is 21.6 Å². The molecule has 0 aliphatic rings. The first-order valence-electron chi connectivity index (χ1n) is 4.55. The third-order valence-corrected chi connectivity index (χ3v) is 2.55. The molecule has 1 aromatic heterocycles. The minimum atomic E-state index is -0.000370. The predicted octanol–water partition coefficient (Wildman–Crippen LogP) is 3.31. The summed E-state index contributed by atoms with van der Waals surface area (Å²) in [7, 11) is 0. The average molecular weight is 208 g/mol. The minimum Gasteiger partial charge on any atom is -0.335 e. The maximum atomic E-state index is 6.18. The number of aromatic nitrogens is 2. The fourth-order valence-electron chi connectivity index (χ4n) is 1.64. The first-order valence-corrected chi connectivity index (χ1v) is 4.92. The molecule has 0 atom stereocenters. The number of nitrogens with one attached hydrogen (secondary N) is 1. The van der Waals surface area contributed by atoms with Crippen LogP contribution in [-0.4, -0.2) is 9.97 Å². The van der Waals surface area contributed by atoms with E-state index in [1.807, 2.05) is 12.1 Å². The molecule has 0 aliphatic heterocycles. The molecule has 2 rings (SSSR count). The Morgan fingerprint density at radius 2 is 2.07 bits per heavy atom. The Morgan fingerprint density at radius 3 is 2.71 bits per heavy atom. The summed E-state index contributed by atoms with van der Waals surface area (Å²) >= 11 is 6.18. The van der Waals surface area contributed by atoms with Crippen molar-refractivity contribution < 1.29 is 0 Å². The van der Waals surface area contributed by atoms with Gasteiger partial charge in [-0.1, -0.05) is 32.4 Å². The van der Waals surface area contributed by atoms with Crippen molar-refractivity contribution in [3.05, 3.63) is 29.0 Å². The molecule has 0 unspecified atom stereocenters. The van der Waals surface area contributed by atoms with Crippen molar-refractivity contribution in [3.8, 4) is 0 Å². The highest BCUT2D eigenvalue weighted by Gasteiger charge is 2.21. The Labute approximate surface area is 88.3 Å². The van der Waals surface area contributed by atoms with Gasteiger partial charge in [-0.25, -0.2) is 4.98 Å². The molecule has 2 aromatic rings. The zero-order valence-corrected chi connectivity index (χ0v) is 9.24. The molecular weight excluding hydrogens is 196 g/mol. The second-order valence-corrected chi connectivity index (χ2v) is 4.82. The second kappa shape index (κ2) is 2.99. The Balaban J connectivity index is 2.83. The van der Waals surface area contributed by atoms with Crippen LogP contribution in [0.3, 0.4) is 0 Å². The van der Waals surface area contributed by atoms with Gasteiger partial charge in [-0.3, -0.25) is 0 Å². The van der Waals surface area contributed by atoms with Gasteiger partial charge < -0.3 is 4.98 Å². The molecule has 1 N–H and O–H groups in total. The molecule has 0 saturated heterocycles. The van der Waals surface area contributed by atoms with Gasteiger partial charge in [0, 0.05) is 10.6 Å². The summed E-state index contributed by atoms with van der Waals surface area (Å²) in [5.41, 5.74) is 2.98. The molecule has 0 saturated carbocycles. The SMILES string of the molecule is CC(C)(C)c1c(Cl)ccc2[nH][c]nc12. The lowest BCUT2D eigenvalue weighted by Gasteiger charge is -2.20. The molecule has 73 valence electrons. The molecule has 2 nitrogen and oxygen atoms in total. The van der Waals surface area contributed by atoms with Crippen molar-refractivity contribution in [2.45, 2.75) is 26.2 Å². The number of nitrogens with zero attached hydrogens (tertiary/aromatic N) is 1. The van der Waals surface area contributed by atoms with Gasteiger partial charge >= 0.3 is 0 Å². The van der Waals surface area contributed by atoms with E-state index in [2.05, 4.69) is 37.1 Å². The van der Waals surface area contributed by atoms with Crippen LogP contribution in [0, 0.1) is 6.33 Å². The number of halogens is 1. The lowest BCUT2D eigenvalue weighted by Crippen LogP contribution is -2.12. The number of hydrogen-bond acceptors (Lipinski definition) is 1. The predicted molar refractivity (Wildman–Crippen MR) is 58.6 cm³/mol. The lowest BCUT2D eigenvalue weighted by molar-refractivity contribution is 0.595. The van der Waals surface area contributed by atoms with Gasteiger partial charge in [0.25, 0.3) is 0 Å². The molecule has 1 radical (unpaired) electrons. The second-order valence-electron chi connectivity index (χ2n) is 4.42. The number of benzene rings is 1. The van der Waals surface area contributed by atoms with E-state index in [1.165, 1.54) is 0 Å². The normalized spacial score (nSPS) is 12.3. The van der Waals surface area contributed by atoms with Crippen molar-refractivity contribution in [2.75, 3.05) is 0 Å².